The van der Waals surface area contributed by atoms with Crippen LogP contribution in [0.3, 0.4) is 0 Å². The Hall–Kier alpha value is 0.270. The molecule has 1 aliphatic carbocycles. The quantitative estimate of drug-likeness (QED) is 0.718. The van der Waals surface area contributed by atoms with Crippen LogP contribution in [-0.4, -0.2) is 46.7 Å². The second-order valence-corrected chi connectivity index (χ2v) is 5.89. The monoisotopic (exact) mass is 215 g/mol. The number of aliphatic hydroxyl groups excluding tert-OH is 1. The van der Waals surface area contributed by atoms with Crippen molar-refractivity contribution in [1.82, 2.24) is 4.90 Å². The minimum Gasteiger partial charge on any atom is -0.391 e. The van der Waals surface area contributed by atoms with Crippen LogP contribution in [-0.2, 0) is 0 Å². The summed E-state index contributed by atoms with van der Waals surface area (Å²) in [5.74, 6) is 3.32. The highest BCUT2D eigenvalue weighted by atomic mass is 32.2. The molecule has 1 N–H and O–H groups in total. The van der Waals surface area contributed by atoms with E-state index in [0.29, 0.717) is 6.04 Å². The number of aliphatic hydroxyl groups is 1. The number of nitrogens with zero attached hydrogens (tertiary/aromatic N) is 1. The lowest BCUT2D eigenvalue weighted by atomic mass is 10.1. The van der Waals surface area contributed by atoms with Gasteiger partial charge < -0.3 is 5.11 Å². The minimum atomic E-state index is -0.0506. The van der Waals surface area contributed by atoms with Crippen molar-refractivity contribution in [1.29, 1.82) is 0 Å². The van der Waals surface area contributed by atoms with E-state index in [1.54, 1.807) is 0 Å². The Morgan fingerprint density at radius 2 is 2.21 bits per heavy atom. The third kappa shape index (κ3) is 2.44. The van der Waals surface area contributed by atoms with Crippen LogP contribution in [0.5, 0.6) is 0 Å². The lowest BCUT2D eigenvalue weighted by Gasteiger charge is -2.30. The lowest BCUT2D eigenvalue weighted by molar-refractivity contribution is 0.0691. The fraction of sp³-hybridized carbons (Fsp3) is 1.00. The summed E-state index contributed by atoms with van der Waals surface area (Å²) in [6.07, 6.45) is 3.38. The first-order valence-corrected chi connectivity index (χ1v) is 6.92. The van der Waals surface area contributed by atoms with E-state index in [9.17, 15) is 5.11 Å². The van der Waals surface area contributed by atoms with Gasteiger partial charge in [0.05, 0.1) is 6.10 Å². The normalized spacial score (nSPS) is 41.1. The van der Waals surface area contributed by atoms with Gasteiger partial charge in [0, 0.05) is 24.9 Å². The summed E-state index contributed by atoms with van der Waals surface area (Å²) in [6, 6.07) is 0.469. The molecule has 2 aliphatic rings. The zero-order valence-corrected chi connectivity index (χ0v) is 9.80. The third-order valence-corrected chi connectivity index (χ3v) is 4.66. The minimum absolute atomic E-state index is 0.0506. The largest absolute Gasteiger partial charge is 0.391 e. The Labute approximate surface area is 91.1 Å². The molecule has 0 aromatic heterocycles. The van der Waals surface area contributed by atoms with E-state index in [1.165, 1.54) is 37.4 Å². The molecule has 3 unspecified atom stereocenters. The van der Waals surface area contributed by atoms with E-state index < -0.39 is 0 Å². The molecule has 3 heteroatoms. The van der Waals surface area contributed by atoms with E-state index in [0.717, 1.165) is 12.3 Å². The van der Waals surface area contributed by atoms with E-state index in [-0.39, 0.29) is 6.10 Å². The highest BCUT2D eigenvalue weighted by molar-refractivity contribution is 7.99. The standard InChI is InChI=1S/C11H21NOS/c1-9-7-12(5-6-14-8-9)10-3-2-4-11(10)13/h9-11,13H,2-8H2,1H3. The summed E-state index contributed by atoms with van der Waals surface area (Å²) in [7, 11) is 0. The first kappa shape index (κ1) is 10.8. The van der Waals surface area contributed by atoms with Crippen LogP contribution in [0, 0.1) is 5.92 Å². The van der Waals surface area contributed by atoms with Crippen molar-refractivity contribution in [3.63, 3.8) is 0 Å². The molecule has 3 atom stereocenters. The molecule has 14 heavy (non-hydrogen) atoms. The SMILES string of the molecule is CC1CSCCN(C2CCCC2O)C1. The van der Waals surface area contributed by atoms with Gasteiger partial charge in [-0.25, -0.2) is 0 Å². The lowest BCUT2D eigenvalue weighted by Crippen LogP contribution is -2.43. The topological polar surface area (TPSA) is 23.5 Å². The van der Waals surface area contributed by atoms with E-state index in [2.05, 4.69) is 23.6 Å². The van der Waals surface area contributed by atoms with Gasteiger partial charge >= 0.3 is 0 Å². The molecular weight excluding hydrogens is 194 g/mol. The summed E-state index contributed by atoms with van der Waals surface area (Å²) >= 11 is 2.06. The summed E-state index contributed by atoms with van der Waals surface area (Å²) in [6.45, 7) is 4.69. The molecular formula is C11H21NOS. The molecule has 1 aliphatic heterocycles. The van der Waals surface area contributed by atoms with Crippen LogP contribution in [0.25, 0.3) is 0 Å². The molecule has 1 saturated carbocycles. The van der Waals surface area contributed by atoms with Gasteiger partial charge in [0.15, 0.2) is 0 Å². The second kappa shape index (κ2) is 4.86. The maximum Gasteiger partial charge on any atom is 0.0695 e. The Kier molecular flexibility index (Phi) is 3.74. The highest BCUT2D eigenvalue weighted by Crippen LogP contribution is 2.27. The van der Waals surface area contributed by atoms with Crippen molar-refractivity contribution in [2.24, 2.45) is 5.92 Å². The molecule has 1 heterocycles. The zero-order valence-electron chi connectivity index (χ0n) is 8.98. The van der Waals surface area contributed by atoms with Crippen molar-refractivity contribution >= 4 is 11.8 Å². The van der Waals surface area contributed by atoms with Crippen LogP contribution >= 0.6 is 11.8 Å². The van der Waals surface area contributed by atoms with Gasteiger partial charge in [-0.1, -0.05) is 6.92 Å². The molecule has 0 radical (unpaired) electrons. The second-order valence-electron chi connectivity index (χ2n) is 4.74. The first-order valence-electron chi connectivity index (χ1n) is 5.77. The van der Waals surface area contributed by atoms with Crippen LogP contribution in [0.15, 0.2) is 0 Å². The Balaban J connectivity index is 1.94. The van der Waals surface area contributed by atoms with E-state index >= 15 is 0 Å². The van der Waals surface area contributed by atoms with Crippen molar-refractivity contribution in [2.45, 2.75) is 38.3 Å². The number of thioether (sulfide) groups is 1. The molecule has 82 valence electrons. The van der Waals surface area contributed by atoms with Crippen LogP contribution < -0.4 is 0 Å². The van der Waals surface area contributed by atoms with Crippen molar-refractivity contribution < 1.29 is 5.11 Å². The van der Waals surface area contributed by atoms with Crippen LogP contribution in [0.4, 0.5) is 0 Å². The maximum atomic E-state index is 9.87. The van der Waals surface area contributed by atoms with Gasteiger partial charge in [-0.2, -0.15) is 11.8 Å². The predicted molar refractivity (Wildman–Crippen MR) is 61.7 cm³/mol. The molecule has 2 rings (SSSR count). The van der Waals surface area contributed by atoms with Gasteiger partial charge in [0.1, 0.15) is 0 Å². The molecule has 2 nitrogen and oxygen atoms in total. The molecule has 2 fully saturated rings. The molecule has 0 spiro atoms. The van der Waals surface area contributed by atoms with Crippen molar-refractivity contribution in [3.8, 4) is 0 Å². The van der Waals surface area contributed by atoms with Gasteiger partial charge in [-0.3, -0.25) is 4.90 Å². The van der Waals surface area contributed by atoms with Gasteiger partial charge in [0.2, 0.25) is 0 Å². The van der Waals surface area contributed by atoms with E-state index in [1.807, 2.05) is 0 Å². The smallest absolute Gasteiger partial charge is 0.0695 e. The molecule has 1 saturated heterocycles. The van der Waals surface area contributed by atoms with Gasteiger partial charge in [0.25, 0.3) is 0 Å². The number of rotatable bonds is 1. The summed E-state index contributed by atoms with van der Waals surface area (Å²) in [5, 5.41) is 9.87. The Bertz CT molecular complexity index is 188. The fourth-order valence-corrected chi connectivity index (χ4v) is 3.70. The van der Waals surface area contributed by atoms with E-state index in [4.69, 9.17) is 0 Å². The average molecular weight is 215 g/mol. The Morgan fingerprint density at radius 3 is 2.93 bits per heavy atom. The maximum absolute atomic E-state index is 9.87. The molecule has 0 bridgehead atoms. The summed E-state index contributed by atoms with van der Waals surface area (Å²) in [5.41, 5.74) is 0. The highest BCUT2D eigenvalue weighted by Gasteiger charge is 2.31. The average Bonchev–Trinajstić information content (AvgIpc) is 2.45. The Morgan fingerprint density at radius 1 is 1.36 bits per heavy atom. The third-order valence-electron chi connectivity index (χ3n) is 3.38. The number of hydrogen-bond acceptors (Lipinski definition) is 3. The molecule has 0 aromatic rings. The summed E-state index contributed by atoms with van der Waals surface area (Å²) < 4.78 is 0. The molecule has 0 amide bonds. The van der Waals surface area contributed by atoms with Crippen molar-refractivity contribution in [3.05, 3.63) is 0 Å². The molecule has 0 aromatic carbocycles. The van der Waals surface area contributed by atoms with Crippen molar-refractivity contribution in [2.75, 3.05) is 24.6 Å². The number of hydrogen-bond donors (Lipinski definition) is 1. The van der Waals surface area contributed by atoms with Gasteiger partial charge in [-0.15, -0.1) is 0 Å². The first-order chi connectivity index (χ1) is 6.77. The zero-order chi connectivity index (χ0) is 9.97. The summed E-state index contributed by atoms with van der Waals surface area (Å²) in [4.78, 5) is 2.53. The predicted octanol–water partition coefficient (Wildman–Crippen LogP) is 1.58. The van der Waals surface area contributed by atoms with Gasteiger partial charge in [-0.05, 0) is 30.9 Å². The fourth-order valence-electron chi connectivity index (χ4n) is 2.66. The van der Waals surface area contributed by atoms with Crippen LogP contribution in [0.2, 0.25) is 0 Å². The van der Waals surface area contributed by atoms with Crippen LogP contribution in [0.1, 0.15) is 26.2 Å².